The molecule has 0 heterocycles. The topological polar surface area (TPSA) is 98.5 Å². The van der Waals surface area contributed by atoms with Gasteiger partial charge < -0.3 is 10.1 Å². The number of hydrogen-bond acceptors (Lipinski definition) is 4. The fourth-order valence-electron chi connectivity index (χ4n) is 2.35. The van der Waals surface area contributed by atoms with E-state index in [1.807, 2.05) is 31.2 Å². The summed E-state index contributed by atoms with van der Waals surface area (Å²) in [4.78, 5) is 12.5. The second kappa shape index (κ2) is 7.99. The molecule has 2 rings (SSSR count). The minimum Gasteiger partial charge on any atom is -0.497 e. The first kappa shape index (κ1) is 19.4. The van der Waals surface area contributed by atoms with Crippen LogP contribution in [-0.4, -0.2) is 21.4 Å². The number of hydrogen-bond donors (Lipinski definition) is 2. The maximum absolute atomic E-state index is 12.6. The summed E-state index contributed by atoms with van der Waals surface area (Å²) in [5, 5.41) is 8.05. The Balaban J connectivity index is 2.27. The van der Waals surface area contributed by atoms with Gasteiger partial charge in [-0.3, -0.25) is 4.79 Å². The van der Waals surface area contributed by atoms with E-state index in [0.717, 1.165) is 11.3 Å². The molecule has 134 valence electrons. The summed E-state index contributed by atoms with van der Waals surface area (Å²) in [7, 11) is -2.30. The predicted octanol–water partition coefficient (Wildman–Crippen LogP) is 2.99. The van der Waals surface area contributed by atoms with Crippen molar-refractivity contribution >= 4 is 31.9 Å². The molecule has 2 aromatic rings. The van der Waals surface area contributed by atoms with Gasteiger partial charge in [0, 0.05) is 4.47 Å². The van der Waals surface area contributed by atoms with Gasteiger partial charge in [0.05, 0.1) is 23.6 Å². The molecular formula is C17H19BrN2O4S. The molecule has 2 aromatic carbocycles. The highest BCUT2D eigenvalue weighted by atomic mass is 79.9. The summed E-state index contributed by atoms with van der Waals surface area (Å²) < 4.78 is 28.6. The first-order valence-electron chi connectivity index (χ1n) is 7.53. The van der Waals surface area contributed by atoms with Crippen molar-refractivity contribution in [2.75, 3.05) is 7.11 Å². The van der Waals surface area contributed by atoms with E-state index in [9.17, 15) is 13.2 Å². The van der Waals surface area contributed by atoms with E-state index in [1.165, 1.54) is 18.2 Å². The van der Waals surface area contributed by atoms with Crippen molar-refractivity contribution in [3.63, 3.8) is 0 Å². The number of amides is 1. The highest BCUT2D eigenvalue weighted by Crippen LogP contribution is 2.24. The van der Waals surface area contributed by atoms with Crippen LogP contribution in [0.4, 0.5) is 0 Å². The van der Waals surface area contributed by atoms with Crippen LogP contribution in [0.1, 0.15) is 35.3 Å². The molecule has 0 bridgehead atoms. The molecule has 0 unspecified atom stereocenters. The SMILES string of the molecule is CC[C@H](NC(=O)c1cc(S(N)(=O)=O)ccc1Br)c1ccc(OC)cc1. The number of carbonyl (C=O) groups is 1. The van der Waals surface area contributed by atoms with Gasteiger partial charge in [-0.05, 0) is 58.2 Å². The van der Waals surface area contributed by atoms with E-state index in [-0.39, 0.29) is 22.4 Å². The lowest BCUT2D eigenvalue weighted by Gasteiger charge is -2.18. The molecule has 0 radical (unpaired) electrons. The van der Waals surface area contributed by atoms with Crippen molar-refractivity contribution in [3.8, 4) is 5.75 Å². The maximum Gasteiger partial charge on any atom is 0.252 e. The number of halogens is 1. The van der Waals surface area contributed by atoms with Crippen LogP contribution in [0.5, 0.6) is 5.75 Å². The minimum atomic E-state index is -3.88. The highest BCUT2D eigenvalue weighted by Gasteiger charge is 2.19. The zero-order chi connectivity index (χ0) is 18.6. The zero-order valence-corrected chi connectivity index (χ0v) is 16.2. The molecule has 0 spiro atoms. The van der Waals surface area contributed by atoms with Crippen molar-refractivity contribution in [1.82, 2.24) is 5.32 Å². The molecule has 0 aromatic heterocycles. The van der Waals surface area contributed by atoms with Gasteiger partial charge in [-0.15, -0.1) is 0 Å². The van der Waals surface area contributed by atoms with E-state index in [0.29, 0.717) is 10.9 Å². The van der Waals surface area contributed by atoms with Gasteiger partial charge in [0.2, 0.25) is 10.0 Å². The van der Waals surface area contributed by atoms with E-state index < -0.39 is 10.0 Å². The highest BCUT2D eigenvalue weighted by molar-refractivity contribution is 9.10. The number of benzene rings is 2. The number of sulfonamides is 1. The standard InChI is InChI=1S/C17H19BrN2O4S/c1-3-16(11-4-6-12(24-2)7-5-11)20-17(21)14-10-13(25(19,22)23)8-9-15(14)18/h4-10,16H,3H2,1-2H3,(H,20,21)(H2,19,22,23)/t16-/m0/s1. The van der Waals surface area contributed by atoms with Gasteiger partial charge in [0.25, 0.3) is 5.91 Å². The van der Waals surface area contributed by atoms with Gasteiger partial charge >= 0.3 is 0 Å². The molecule has 25 heavy (non-hydrogen) atoms. The van der Waals surface area contributed by atoms with E-state index in [1.54, 1.807) is 7.11 Å². The Morgan fingerprint density at radius 1 is 1.24 bits per heavy atom. The Morgan fingerprint density at radius 2 is 1.88 bits per heavy atom. The summed E-state index contributed by atoms with van der Waals surface area (Å²) in [6.07, 6.45) is 0.671. The third-order valence-corrected chi connectivity index (χ3v) is 5.35. The number of nitrogens with one attached hydrogen (secondary N) is 1. The van der Waals surface area contributed by atoms with Crippen LogP contribution in [0.25, 0.3) is 0 Å². The second-order valence-electron chi connectivity index (χ2n) is 5.39. The molecule has 0 aliphatic heterocycles. The van der Waals surface area contributed by atoms with Crippen LogP contribution in [0.2, 0.25) is 0 Å². The molecule has 0 aliphatic carbocycles. The van der Waals surface area contributed by atoms with Gasteiger partial charge in [-0.1, -0.05) is 19.1 Å². The molecule has 8 heteroatoms. The van der Waals surface area contributed by atoms with Crippen LogP contribution < -0.4 is 15.2 Å². The molecular weight excluding hydrogens is 408 g/mol. The monoisotopic (exact) mass is 426 g/mol. The van der Waals surface area contributed by atoms with Crippen LogP contribution >= 0.6 is 15.9 Å². The van der Waals surface area contributed by atoms with Crippen molar-refractivity contribution in [1.29, 1.82) is 0 Å². The number of nitrogens with two attached hydrogens (primary N) is 1. The summed E-state index contributed by atoms with van der Waals surface area (Å²) in [5.41, 5.74) is 1.13. The number of rotatable bonds is 6. The van der Waals surface area contributed by atoms with Crippen LogP contribution in [-0.2, 0) is 10.0 Å². The van der Waals surface area contributed by atoms with Gasteiger partial charge in [-0.25, -0.2) is 13.6 Å². The van der Waals surface area contributed by atoms with Crippen molar-refractivity contribution in [2.45, 2.75) is 24.3 Å². The molecule has 0 aliphatic rings. The lowest BCUT2D eigenvalue weighted by molar-refractivity contribution is 0.0934. The third kappa shape index (κ3) is 4.81. The number of methoxy groups -OCH3 is 1. The predicted molar refractivity (Wildman–Crippen MR) is 99.0 cm³/mol. The summed E-state index contributed by atoms with van der Waals surface area (Å²) in [6.45, 7) is 1.95. The van der Waals surface area contributed by atoms with Crippen LogP contribution in [0, 0.1) is 0 Å². The molecule has 1 atom stereocenters. The normalized spacial score (nSPS) is 12.5. The maximum atomic E-state index is 12.6. The van der Waals surface area contributed by atoms with Crippen LogP contribution in [0.3, 0.4) is 0 Å². The number of ether oxygens (including phenoxy) is 1. The second-order valence-corrected chi connectivity index (χ2v) is 7.81. The summed E-state index contributed by atoms with van der Waals surface area (Å²) >= 11 is 3.27. The minimum absolute atomic E-state index is 0.113. The Morgan fingerprint density at radius 3 is 2.40 bits per heavy atom. The average Bonchev–Trinajstić information content (AvgIpc) is 2.59. The fourth-order valence-corrected chi connectivity index (χ4v) is 3.32. The smallest absolute Gasteiger partial charge is 0.252 e. The Labute approximate surface area is 155 Å². The lowest BCUT2D eigenvalue weighted by atomic mass is 10.0. The van der Waals surface area contributed by atoms with Gasteiger partial charge in [0.1, 0.15) is 5.75 Å². The van der Waals surface area contributed by atoms with E-state index >= 15 is 0 Å². The number of primary sulfonamides is 1. The summed E-state index contributed by atoms with van der Waals surface area (Å²) in [5.74, 6) is 0.341. The average molecular weight is 427 g/mol. The first-order valence-corrected chi connectivity index (χ1v) is 9.87. The third-order valence-electron chi connectivity index (χ3n) is 3.74. The first-order chi connectivity index (χ1) is 11.8. The Hall–Kier alpha value is -1.90. The number of carbonyl (C=O) groups excluding carboxylic acids is 1. The van der Waals surface area contributed by atoms with Crippen molar-refractivity contribution in [3.05, 3.63) is 58.1 Å². The molecule has 6 nitrogen and oxygen atoms in total. The molecule has 1 amide bonds. The fraction of sp³-hybridized carbons (Fsp3) is 0.235. The van der Waals surface area contributed by atoms with Gasteiger partial charge in [-0.2, -0.15) is 0 Å². The summed E-state index contributed by atoms with van der Waals surface area (Å²) in [6, 6.07) is 11.3. The van der Waals surface area contributed by atoms with Crippen molar-refractivity contribution < 1.29 is 17.9 Å². The molecule has 0 saturated carbocycles. The van der Waals surface area contributed by atoms with E-state index in [2.05, 4.69) is 21.2 Å². The molecule has 0 fully saturated rings. The lowest BCUT2D eigenvalue weighted by Crippen LogP contribution is -2.28. The van der Waals surface area contributed by atoms with E-state index in [4.69, 9.17) is 9.88 Å². The Kier molecular flexibility index (Phi) is 6.21. The van der Waals surface area contributed by atoms with Crippen molar-refractivity contribution in [2.24, 2.45) is 5.14 Å². The quantitative estimate of drug-likeness (QED) is 0.741. The molecule has 3 N–H and O–H groups in total. The Bertz CT molecular complexity index is 867. The van der Waals surface area contributed by atoms with Gasteiger partial charge in [0.15, 0.2) is 0 Å². The largest absolute Gasteiger partial charge is 0.497 e. The zero-order valence-electron chi connectivity index (χ0n) is 13.8. The van der Waals surface area contributed by atoms with Crippen LogP contribution in [0.15, 0.2) is 51.8 Å². The molecule has 0 saturated heterocycles.